The quantitative estimate of drug-likeness (QED) is 0.734. The summed E-state index contributed by atoms with van der Waals surface area (Å²) >= 11 is 1.42. The van der Waals surface area contributed by atoms with Crippen molar-refractivity contribution in [1.29, 1.82) is 0 Å². The number of carbonyl (C=O) groups is 1. The fourth-order valence-corrected chi connectivity index (χ4v) is 3.99. The van der Waals surface area contributed by atoms with Crippen LogP contribution in [-0.2, 0) is 24.2 Å². The lowest BCUT2D eigenvalue weighted by molar-refractivity contribution is -0.117. The standard InChI is InChI=1S/C18H18N4O2S/c23-16(20-18-19-14-8-4-5-9-15(14)25-18)11-22-17(24)10-12-6-2-1-3-7-13(12)21-22/h4-5,8-10H,1-3,6-7,11H2,(H,19,20,23). The predicted octanol–water partition coefficient (Wildman–Crippen LogP) is 2.76. The highest BCUT2D eigenvalue weighted by Gasteiger charge is 2.14. The molecule has 4 rings (SSSR count). The molecular weight excluding hydrogens is 336 g/mol. The lowest BCUT2D eigenvalue weighted by atomic mass is 10.1. The molecule has 0 saturated heterocycles. The van der Waals surface area contributed by atoms with E-state index in [2.05, 4.69) is 15.4 Å². The normalized spacial score (nSPS) is 14.1. The van der Waals surface area contributed by atoms with Gasteiger partial charge in [0.2, 0.25) is 5.91 Å². The number of hydrogen-bond acceptors (Lipinski definition) is 5. The van der Waals surface area contributed by atoms with Crippen molar-refractivity contribution in [3.05, 3.63) is 51.9 Å². The molecule has 0 radical (unpaired) electrons. The van der Waals surface area contributed by atoms with Crippen molar-refractivity contribution >= 4 is 32.6 Å². The number of fused-ring (bicyclic) bond motifs is 2. The molecule has 2 aromatic heterocycles. The fraction of sp³-hybridized carbons (Fsp3) is 0.333. The van der Waals surface area contributed by atoms with E-state index in [-0.39, 0.29) is 18.0 Å². The van der Waals surface area contributed by atoms with Gasteiger partial charge in [0.05, 0.1) is 15.9 Å². The van der Waals surface area contributed by atoms with Crippen LogP contribution in [0.1, 0.15) is 30.5 Å². The van der Waals surface area contributed by atoms with Crippen molar-refractivity contribution in [2.75, 3.05) is 5.32 Å². The van der Waals surface area contributed by atoms with E-state index in [0.29, 0.717) is 5.13 Å². The zero-order valence-electron chi connectivity index (χ0n) is 13.7. The van der Waals surface area contributed by atoms with Crippen molar-refractivity contribution in [3.8, 4) is 0 Å². The van der Waals surface area contributed by atoms with Crippen LogP contribution >= 0.6 is 11.3 Å². The molecule has 1 amide bonds. The number of aryl methyl sites for hydroxylation is 2. The number of hydrogen-bond donors (Lipinski definition) is 1. The number of aromatic nitrogens is 3. The second-order valence-corrected chi connectivity index (χ2v) is 7.24. The Morgan fingerprint density at radius 1 is 1.20 bits per heavy atom. The molecule has 7 heteroatoms. The third-order valence-electron chi connectivity index (χ3n) is 4.36. The molecule has 1 aromatic carbocycles. The van der Waals surface area contributed by atoms with Crippen LogP contribution in [0.3, 0.4) is 0 Å². The summed E-state index contributed by atoms with van der Waals surface area (Å²) in [6.07, 6.45) is 5.10. The van der Waals surface area contributed by atoms with Gasteiger partial charge in [-0.05, 0) is 43.4 Å². The minimum atomic E-state index is -0.290. The third kappa shape index (κ3) is 3.46. The Morgan fingerprint density at radius 3 is 2.92 bits per heavy atom. The average Bonchev–Trinajstić information content (AvgIpc) is 2.86. The van der Waals surface area contributed by atoms with E-state index in [9.17, 15) is 9.59 Å². The molecule has 0 bridgehead atoms. The van der Waals surface area contributed by atoms with Crippen LogP contribution < -0.4 is 10.9 Å². The number of amides is 1. The molecule has 2 heterocycles. The first kappa shape index (κ1) is 16.0. The van der Waals surface area contributed by atoms with Crippen molar-refractivity contribution in [1.82, 2.24) is 14.8 Å². The summed E-state index contributed by atoms with van der Waals surface area (Å²) in [5.41, 5.74) is 2.61. The first-order valence-electron chi connectivity index (χ1n) is 8.44. The Balaban J connectivity index is 1.52. The van der Waals surface area contributed by atoms with E-state index < -0.39 is 0 Å². The molecule has 128 valence electrons. The second-order valence-electron chi connectivity index (χ2n) is 6.21. The van der Waals surface area contributed by atoms with Crippen molar-refractivity contribution in [2.45, 2.75) is 38.6 Å². The molecule has 0 aliphatic heterocycles. The maximum absolute atomic E-state index is 12.3. The van der Waals surface area contributed by atoms with E-state index in [1.54, 1.807) is 6.07 Å². The average molecular weight is 354 g/mol. The molecule has 1 N–H and O–H groups in total. The lowest BCUT2D eigenvalue weighted by Crippen LogP contribution is -2.30. The summed E-state index contributed by atoms with van der Waals surface area (Å²) in [6.45, 7) is -0.0952. The van der Waals surface area contributed by atoms with Gasteiger partial charge in [-0.2, -0.15) is 5.10 Å². The Hall–Kier alpha value is -2.54. The molecule has 0 fully saturated rings. The van der Waals surface area contributed by atoms with Gasteiger partial charge in [0.15, 0.2) is 5.13 Å². The van der Waals surface area contributed by atoms with Gasteiger partial charge in [-0.3, -0.25) is 9.59 Å². The summed E-state index contributed by atoms with van der Waals surface area (Å²) in [7, 11) is 0. The SMILES string of the molecule is O=C(Cn1nc2c(cc1=O)CCCCC2)Nc1nc2ccccc2s1. The first-order valence-corrected chi connectivity index (χ1v) is 9.26. The van der Waals surface area contributed by atoms with Gasteiger partial charge in [0, 0.05) is 6.07 Å². The van der Waals surface area contributed by atoms with Crippen LogP contribution in [0.4, 0.5) is 5.13 Å². The second kappa shape index (κ2) is 6.76. The van der Waals surface area contributed by atoms with Gasteiger partial charge < -0.3 is 5.32 Å². The Kier molecular flexibility index (Phi) is 4.31. The minimum absolute atomic E-state index is 0.0952. The van der Waals surface area contributed by atoms with Gasteiger partial charge in [-0.1, -0.05) is 29.9 Å². The fourth-order valence-electron chi connectivity index (χ4n) is 3.11. The Morgan fingerprint density at radius 2 is 2.04 bits per heavy atom. The molecule has 0 spiro atoms. The number of nitrogens with zero attached hydrogens (tertiary/aromatic N) is 3. The summed E-state index contributed by atoms with van der Waals surface area (Å²) in [5, 5.41) is 7.73. The highest BCUT2D eigenvalue weighted by atomic mass is 32.1. The Labute approximate surface area is 148 Å². The number of para-hydroxylation sites is 1. The zero-order valence-corrected chi connectivity index (χ0v) is 14.5. The van der Waals surface area contributed by atoms with Gasteiger partial charge in [0.25, 0.3) is 5.56 Å². The molecule has 1 aliphatic rings. The number of carbonyl (C=O) groups excluding carboxylic acids is 1. The monoisotopic (exact) mass is 354 g/mol. The smallest absolute Gasteiger partial charge is 0.267 e. The molecule has 0 atom stereocenters. The minimum Gasteiger partial charge on any atom is -0.300 e. The van der Waals surface area contributed by atoms with E-state index in [0.717, 1.165) is 53.6 Å². The molecule has 6 nitrogen and oxygen atoms in total. The van der Waals surface area contributed by atoms with E-state index in [1.807, 2.05) is 24.3 Å². The number of rotatable bonds is 3. The van der Waals surface area contributed by atoms with Gasteiger partial charge in [-0.15, -0.1) is 0 Å². The van der Waals surface area contributed by atoms with Crippen LogP contribution in [0.5, 0.6) is 0 Å². The van der Waals surface area contributed by atoms with Crippen molar-refractivity contribution < 1.29 is 4.79 Å². The van der Waals surface area contributed by atoms with Crippen LogP contribution in [-0.4, -0.2) is 20.7 Å². The van der Waals surface area contributed by atoms with Crippen LogP contribution in [0, 0.1) is 0 Å². The molecule has 25 heavy (non-hydrogen) atoms. The van der Waals surface area contributed by atoms with Crippen LogP contribution in [0.25, 0.3) is 10.2 Å². The van der Waals surface area contributed by atoms with Crippen molar-refractivity contribution in [3.63, 3.8) is 0 Å². The molecule has 3 aromatic rings. The van der Waals surface area contributed by atoms with Crippen LogP contribution in [0.15, 0.2) is 35.1 Å². The van der Waals surface area contributed by atoms with Crippen molar-refractivity contribution in [2.24, 2.45) is 0 Å². The van der Waals surface area contributed by atoms with Gasteiger partial charge in [-0.25, -0.2) is 9.67 Å². The van der Waals surface area contributed by atoms with E-state index in [4.69, 9.17) is 0 Å². The van der Waals surface area contributed by atoms with E-state index in [1.165, 1.54) is 16.0 Å². The highest BCUT2D eigenvalue weighted by molar-refractivity contribution is 7.22. The summed E-state index contributed by atoms with van der Waals surface area (Å²) < 4.78 is 2.27. The topological polar surface area (TPSA) is 76.9 Å². The third-order valence-corrected chi connectivity index (χ3v) is 5.31. The molecular formula is C18H18N4O2S. The highest BCUT2D eigenvalue weighted by Crippen LogP contribution is 2.25. The molecule has 0 unspecified atom stereocenters. The molecule has 0 saturated carbocycles. The summed E-state index contributed by atoms with van der Waals surface area (Å²) in [6, 6.07) is 9.35. The zero-order chi connectivity index (χ0) is 17.2. The maximum atomic E-state index is 12.3. The van der Waals surface area contributed by atoms with E-state index >= 15 is 0 Å². The first-order chi connectivity index (χ1) is 12.2. The maximum Gasteiger partial charge on any atom is 0.267 e. The van der Waals surface area contributed by atoms with Gasteiger partial charge >= 0.3 is 0 Å². The summed E-state index contributed by atoms with van der Waals surface area (Å²) in [5.74, 6) is -0.290. The van der Waals surface area contributed by atoms with Gasteiger partial charge in [0.1, 0.15) is 6.54 Å². The number of thiazole rings is 1. The number of benzene rings is 1. The largest absolute Gasteiger partial charge is 0.300 e. The predicted molar refractivity (Wildman–Crippen MR) is 98.0 cm³/mol. The number of anilines is 1. The molecule has 1 aliphatic carbocycles. The lowest BCUT2D eigenvalue weighted by Gasteiger charge is -2.09. The van der Waals surface area contributed by atoms with Crippen LogP contribution in [0.2, 0.25) is 0 Å². The Bertz CT molecular complexity index is 959. The summed E-state index contributed by atoms with van der Waals surface area (Å²) in [4.78, 5) is 28.9. The number of nitrogens with one attached hydrogen (secondary N) is 1.